The molecule has 0 amide bonds. The van der Waals surface area contributed by atoms with Crippen molar-refractivity contribution >= 4 is 33.2 Å². The van der Waals surface area contributed by atoms with Crippen molar-refractivity contribution in [1.29, 1.82) is 0 Å². The Morgan fingerprint density at radius 3 is 2.81 bits per heavy atom. The minimum atomic E-state index is -0.360. The largest absolute Gasteiger partial charge is 0.397 e. The molecule has 0 saturated carbocycles. The summed E-state index contributed by atoms with van der Waals surface area (Å²) in [6.45, 7) is 0. The molecule has 0 fully saturated rings. The zero-order chi connectivity index (χ0) is 15.0. The van der Waals surface area contributed by atoms with Gasteiger partial charge in [-0.2, -0.15) is 4.98 Å². The lowest BCUT2D eigenvalue weighted by atomic mass is 10.2. The predicted octanol–water partition coefficient (Wildman–Crippen LogP) is 4.54. The summed E-state index contributed by atoms with van der Waals surface area (Å²) in [5.41, 5.74) is 7.44. The second kappa shape index (κ2) is 5.46. The second-order valence-electron chi connectivity index (χ2n) is 4.25. The molecular weight excluding hydrogens is 361 g/mol. The molecule has 0 radical (unpaired) electrons. The Morgan fingerprint density at radius 2 is 2.05 bits per heavy atom. The fourth-order valence-corrected chi connectivity index (χ4v) is 2.36. The minimum Gasteiger partial charge on any atom is -0.397 e. The Balaban J connectivity index is 2.03. The lowest BCUT2D eigenvalue weighted by Gasteiger charge is -2.01. The molecule has 2 N–H and O–H groups in total. The highest BCUT2D eigenvalue weighted by molar-refractivity contribution is 9.10. The van der Waals surface area contributed by atoms with Gasteiger partial charge in [-0.1, -0.05) is 22.8 Å². The fraction of sp³-hybridized carbons (Fsp3) is 0. The summed E-state index contributed by atoms with van der Waals surface area (Å²) in [5, 5.41) is 4.29. The first kappa shape index (κ1) is 14.0. The van der Waals surface area contributed by atoms with Crippen molar-refractivity contribution in [1.82, 2.24) is 10.1 Å². The Kier molecular flexibility index (Phi) is 3.65. The highest BCUT2D eigenvalue weighted by Crippen LogP contribution is 2.32. The van der Waals surface area contributed by atoms with E-state index in [9.17, 15) is 4.39 Å². The Hall–Kier alpha value is -1.92. The first-order valence-corrected chi connectivity index (χ1v) is 7.07. The molecule has 0 unspecified atom stereocenters. The van der Waals surface area contributed by atoms with E-state index in [2.05, 4.69) is 26.1 Å². The van der Waals surface area contributed by atoms with Gasteiger partial charge in [0, 0.05) is 5.56 Å². The molecule has 0 aliphatic rings. The van der Waals surface area contributed by atoms with Gasteiger partial charge in [-0.3, -0.25) is 0 Å². The monoisotopic (exact) mass is 367 g/mol. The van der Waals surface area contributed by atoms with E-state index in [1.165, 1.54) is 6.07 Å². The summed E-state index contributed by atoms with van der Waals surface area (Å²) in [6, 6.07) is 9.62. The normalized spacial score (nSPS) is 10.8. The predicted molar refractivity (Wildman–Crippen MR) is 82.3 cm³/mol. The molecule has 3 aromatic rings. The number of aromatic nitrogens is 2. The number of nitrogen functional groups attached to an aromatic ring is 1. The van der Waals surface area contributed by atoms with Crippen LogP contribution in [0.25, 0.3) is 22.8 Å². The topological polar surface area (TPSA) is 64.9 Å². The van der Waals surface area contributed by atoms with Gasteiger partial charge in [-0.25, -0.2) is 4.39 Å². The van der Waals surface area contributed by atoms with Crippen LogP contribution in [0.2, 0.25) is 5.02 Å². The van der Waals surface area contributed by atoms with Gasteiger partial charge >= 0.3 is 0 Å². The van der Waals surface area contributed by atoms with Crippen LogP contribution in [-0.4, -0.2) is 10.1 Å². The van der Waals surface area contributed by atoms with Gasteiger partial charge in [-0.05, 0) is 46.3 Å². The molecule has 2 aromatic carbocycles. The number of para-hydroxylation sites is 1. The molecule has 0 aliphatic carbocycles. The van der Waals surface area contributed by atoms with Crippen molar-refractivity contribution < 1.29 is 8.91 Å². The highest BCUT2D eigenvalue weighted by atomic mass is 79.9. The van der Waals surface area contributed by atoms with E-state index in [0.29, 0.717) is 32.1 Å². The van der Waals surface area contributed by atoms with E-state index < -0.39 is 0 Å². The smallest absolute Gasteiger partial charge is 0.260 e. The quantitative estimate of drug-likeness (QED) is 0.674. The van der Waals surface area contributed by atoms with E-state index in [1.807, 2.05) is 0 Å². The van der Waals surface area contributed by atoms with Crippen molar-refractivity contribution in [2.75, 3.05) is 5.73 Å². The van der Waals surface area contributed by atoms with E-state index in [1.54, 1.807) is 30.3 Å². The van der Waals surface area contributed by atoms with Crippen LogP contribution in [0.5, 0.6) is 0 Å². The third kappa shape index (κ3) is 2.64. The lowest BCUT2D eigenvalue weighted by molar-refractivity contribution is 0.432. The Morgan fingerprint density at radius 1 is 1.24 bits per heavy atom. The van der Waals surface area contributed by atoms with Crippen molar-refractivity contribution in [3.05, 3.63) is 51.7 Å². The number of halogens is 3. The van der Waals surface area contributed by atoms with Crippen molar-refractivity contribution in [3.63, 3.8) is 0 Å². The van der Waals surface area contributed by atoms with Crippen LogP contribution in [0, 0.1) is 5.82 Å². The maximum absolute atomic E-state index is 13.2. The number of nitrogens with two attached hydrogens (primary N) is 1. The SMILES string of the molecule is Nc1c(Cl)cccc1-c1nc(-c2ccc(F)c(Br)c2)no1. The molecule has 0 aliphatic heterocycles. The molecule has 3 rings (SSSR count). The van der Waals surface area contributed by atoms with E-state index in [-0.39, 0.29) is 11.7 Å². The molecule has 7 heteroatoms. The Bertz CT molecular complexity index is 822. The van der Waals surface area contributed by atoms with Crippen molar-refractivity contribution in [3.8, 4) is 22.8 Å². The molecule has 1 heterocycles. The first-order valence-electron chi connectivity index (χ1n) is 5.90. The zero-order valence-corrected chi connectivity index (χ0v) is 12.8. The van der Waals surface area contributed by atoms with Crippen LogP contribution in [0.1, 0.15) is 0 Å². The lowest BCUT2D eigenvalue weighted by Crippen LogP contribution is -1.91. The van der Waals surface area contributed by atoms with Crippen LogP contribution in [-0.2, 0) is 0 Å². The summed E-state index contributed by atoms with van der Waals surface area (Å²) < 4.78 is 18.8. The molecule has 0 saturated heterocycles. The van der Waals surface area contributed by atoms with Gasteiger partial charge < -0.3 is 10.3 Å². The van der Waals surface area contributed by atoms with Crippen LogP contribution < -0.4 is 5.73 Å². The first-order chi connectivity index (χ1) is 10.1. The van der Waals surface area contributed by atoms with Crippen molar-refractivity contribution in [2.45, 2.75) is 0 Å². The number of benzene rings is 2. The van der Waals surface area contributed by atoms with Gasteiger partial charge in [0.25, 0.3) is 5.89 Å². The fourth-order valence-electron chi connectivity index (χ4n) is 1.81. The molecule has 106 valence electrons. The van der Waals surface area contributed by atoms with Gasteiger partial charge in [0.05, 0.1) is 20.7 Å². The molecule has 1 aromatic heterocycles. The molecule has 21 heavy (non-hydrogen) atoms. The maximum Gasteiger partial charge on any atom is 0.260 e. The average Bonchev–Trinajstić information content (AvgIpc) is 2.94. The van der Waals surface area contributed by atoms with Crippen LogP contribution in [0.3, 0.4) is 0 Å². The number of nitrogens with zero attached hydrogens (tertiary/aromatic N) is 2. The van der Waals surface area contributed by atoms with Gasteiger partial charge in [0.15, 0.2) is 0 Å². The second-order valence-corrected chi connectivity index (χ2v) is 5.51. The van der Waals surface area contributed by atoms with Gasteiger partial charge in [0.2, 0.25) is 5.82 Å². The molecule has 4 nitrogen and oxygen atoms in total. The average molecular weight is 369 g/mol. The number of anilines is 1. The van der Waals surface area contributed by atoms with Crippen LogP contribution >= 0.6 is 27.5 Å². The zero-order valence-electron chi connectivity index (χ0n) is 10.5. The summed E-state index contributed by atoms with van der Waals surface area (Å²) in [5.74, 6) is 0.233. The molecular formula is C14H8BrClFN3O. The number of hydrogen-bond donors (Lipinski definition) is 1. The van der Waals surface area contributed by atoms with Crippen LogP contribution in [0.4, 0.5) is 10.1 Å². The van der Waals surface area contributed by atoms with Gasteiger partial charge in [0.1, 0.15) is 5.82 Å². The van der Waals surface area contributed by atoms with Crippen LogP contribution in [0.15, 0.2) is 45.4 Å². The summed E-state index contributed by atoms with van der Waals surface area (Å²) in [6.07, 6.45) is 0. The van der Waals surface area contributed by atoms with Gasteiger partial charge in [-0.15, -0.1) is 0 Å². The Labute approximate surface area is 132 Å². The number of rotatable bonds is 2. The third-order valence-corrected chi connectivity index (χ3v) is 3.82. The van der Waals surface area contributed by atoms with E-state index in [4.69, 9.17) is 21.9 Å². The molecule has 0 spiro atoms. The molecule has 0 atom stereocenters. The molecule has 0 bridgehead atoms. The summed E-state index contributed by atoms with van der Waals surface area (Å²) in [7, 11) is 0. The summed E-state index contributed by atoms with van der Waals surface area (Å²) in [4.78, 5) is 4.26. The number of hydrogen-bond acceptors (Lipinski definition) is 4. The van der Waals surface area contributed by atoms with E-state index >= 15 is 0 Å². The maximum atomic E-state index is 13.2. The minimum absolute atomic E-state index is 0.255. The van der Waals surface area contributed by atoms with Crippen molar-refractivity contribution in [2.24, 2.45) is 0 Å². The standard InChI is InChI=1S/C14H8BrClFN3O/c15-9-6-7(4-5-11(9)17)13-19-14(21-20-13)8-2-1-3-10(16)12(8)18/h1-6H,18H2. The van der Waals surface area contributed by atoms with E-state index in [0.717, 1.165) is 0 Å². The third-order valence-electron chi connectivity index (χ3n) is 2.89. The summed E-state index contributed by atoms with van der Waals surface area (Å²) >= 11 is 9.08. The highest BCUT2D eigenvalue weighted by Gasteiger charge is 2.15.